The first-order chi connectivity index (χ1) is 15.3. The van der Waals surface area contributed by atoms with Gasteiger partial charge in [-0.15, -0.1) is 0 Å². The van der Waals surface area contributed by atoms with Gasteiger partial charge in [0.25, 0.3) is 0 Å². The van der Waals surface area contributed by atoms with Gasteiger partial charge in [-0.25, -0.2) is 0 Å². The summed E-state index contributed by atoms with van der Waals surface area (Å²) in [5.41, 5.74) is 3.03. The van der Waals surface area contributed by atoms with Crippen LogP contribution in [0, 0.1) is 45.3 Å². The summed E-state index contributed by atoms with van der Waals surface area (Å²) in [6, 6.07) is 0. The fourth-order valence-electron chi connectivity index (χ4n) is 9.27. The van der Waals surface area contributed by atoms with Crippen LogP contribution >= 0.6 is 0 Å². The molecule has 0 radical (unpaired) electrons. The summed E-state index contributed by atoms with van der Waals surface area (Å²) in [5, 5.41) is 20.4. The molecule has 4 aliphatic rings. The van der Waals surface area contributed by atoms with Crippen LogP contribution in [-0.4, -0.2) is 28.7 Å². The highest BCUT2D eigenvalue weighted by atomic mass is 16.3. The van der Waals surface area contributed by atoms with Crippen molar-refractivity contribution in [2.45, 2.75) is 106 Å². The number of fused-ring (bicyclic) bond motifs is 5. The molecule has 0 unspecified atom stereocenters. The van der Waals surface area contributed by atoms with Crippen molar-refractivity contribution in [2.24, 2.45) is 45.3 Å². The van der Waals surface area contributed by atoms with E-state index in [4.69, 9.17) is 0 Å². The van der Waals surface area contributed by atoms with E-state index >= 15 is 0 Å². The van der Waals surface area contributed by atoms with Crippen LogP contribution in [-0.2, 0) is 4.79 Å². The molecule has 0 aromatic carbocycles. The number of hydrogen-bond donors (Lipinski definition) is 2. The molecule has 3 nitrogen and oxygen atoms in total. The molecule has 33 heavy (non-hydrogen) atoms. The predicted molar refractivity (Wildman–Crippen MR) is 135 cm³/mol. The van der Waals surface area contributed by atoms with Gasteiger partial charge in [-0.3, -0.25) is 4.79 Å². The molecule has 0 bridgehead atoms. The van der Waals surface area contributed by atoms with E-state index in [2.05, 4.69) is 47.6 Å². The molecule has 0 amide bonds. The summed E-state index contributed by atoms with van der Waals surface area (Å²) in [5.74, 6) is 2.26. The van der Waals surface area contributed by atoms with Crippen molar-refractivity contribution < 1.29 is 15.0 Å². The number of carbonyl (C=O) groups is 1. The third-order valence-electron chi connectivity index (χ3n) is 11.8. The van der Waals surface area contributed by atoms with Gasteiger partial charge in [0.15, 0.2) is 0 Å². The Morgan fingerprint density at radius 1 is 1.15 bits per heavy atom. The van der Waals surface area contributed by atoms with Crippen molar-refractivity contribution in [1.29, 1.82) is 0 Å². The highest BCUT2D eigenvalue weighted by Gasteiger charge is 2.65. The molecule has 4 rings (SSSR count). The van der Waals surface area contributed by atoms with Gasteiger partial charge in [0.05, 0.1) is 12.7 Å². The Morgan fingerprint density at radius 2 is 1.85 bits per heavy atom. The Bertz CT molecular complexity index is 853. The molecule has 2 N–H and O–H groups in total. The zero-order valence-electron chi connectivity index (χ0n) is 22.2. The van der Waals surface area contributed by atoms with Crippen LogP contribution in [0.3, 0.4) is 0 Å². The molecule has 4 aliphatic carbocycles. The maximum absolute atomic E-state index is 12.8. The average molecular weight is 457 g/mol. The molecule has 186 valence electrons. The second-order valence-electron chi connectivity index (χ2n) is 13.5. The van der Waals surface area contributed by atoms with Gasteiger partial charge in [0, 0.05) is 11.8 Å². The fourth-order valence-corrected chi connectivity index (χ4v) is 9.27. The van der Waals surface area contributed by atoms with E-state index in [9.17, 15) is 15.0 Å². The number of ketones is 1. The van der Waals surface area contributed by atoms with Crippen molar-refractivity contribution in [2.75, 3.05) is 6.61 Å². The van der Waals surface area contributed by atoms with Crippen molar-refractivity contribution in [3.05, 3.63) is 23.3 Å². The van der Waals surface area contributed by atoms with E-state index in [1.54, 1.807) is 5.57 Å². The zero-order chi connectivity index (χ0) is 24.4. The summed E-state index contributed by atoms with van der Waals surface area (Å²) < 4.78 is 0. The highest BCUT2D eigenvalue weighted by Crippen LogP contribution is 2.73. The first-order valence-electron chi connectivity index (χ1n) is 13.5. The molecule has 3 fully saturated rings. The molecule has 0 heterocycles. The standard InChI is InChI=1S/C30H48O3/c1-19(18-31)8-10-24(32)20(2)21-12-16-30(7)23-9-11-25-27(3,4)26(33)14-15-28(25,5)22(23)13-17-29(21,30)6/h8-9,20-22,24-25,31-32H,10-18H2,1-7H3/b19-8-/t20-,21+,22-,24-,25-,28+,29-,30+/m0/s1. The number of hydrogen-bond acceptors (Lipinski definition) is 3. The summed E-state index contributed by atoms with van der Waals surface area (Å²) in [7, 11) is 0. The van der Waals surface area contributed by atoms with Crippen molar-refractivity contribution >= 4 is 5.78 Å². The topological polar surface area (TPSA) is 57.5 Å². The lowest BCUT2D eigenvalue weighted by molar-refractivity contribution is -0.146. The van der Waals surface area contributed by atoms with Crippen molar-refractivity contribution in [1.82, 2.24) is 0 Å². The SMILES string of the molecule is C/C(=C/C[C@H](O)[C@@H](C)[C@H]1CC[C@]2(C)C3=CC[C@H]4C(C)(C)C(=O)CC[C@]4(C)[C@H]3CC[C@@]12C)CO. The predicted octanol–water partition coefficient (Wildman–Crippen LogP) is 6.49. The van der Waals surface area contributed by atoms with Gasteiger partial charge in [0.2, 0.25) is 0 Å². The van der Waals surface area contributed by atoms with Crippen LogP contribution in [0.15, 0.2) is 23.3 Å². The minimum absolute atomic E-state index is 0.0675. The zero-order valence-corrected chi connectivity index (χ0v) is 22.2. The van der Waals surface area contributed by atoms with E-state index in [1.165, 1.54) is 25.7 Å². The van der Waals surface area contributed by atoms with Gasteiger partial charge >= 0.3 is 0 Å². The number of Topliss-reactive ketones (excluding diaryl/α,β-unsaturated/α-hetero) is 1. The van der Waals surface area contributed by atoms with Crippen LogP contribution in [0.2, 0.25) is 0 Å². The molecule has 3 saturated carbocycles. The lowest BCUT2D eigenvalue weighted by Gasteiger charge is -2.63. The molecule has 0 aromatic rings. The first-order valence-corrected chi connectivity index (χ1v) is 13.5. The van der Waals surface area contributed by atoms with E-state index < -0.39 is 0 Å². The summed E-state index contributed by atoms with van der Waals surface area (Å²) >= 11 is 0. The monoisotopic (exact) mass is 456 g/mol. The molecular weight excluding hydrogens is 408 g/mol. The molecule has 0 aromatic heterocycles. The van der Waals surface area contributed by atoms with Crippen LogP contribution < -0.4 is 0 Å². The molecule has 8 atom stereocenters. The second kappa shape index (κ2) is 8.33. The summed E-state index contributed by atoms with van der Waals surface area (Å²) in [4.78, 5) is 12.8. The smallest absolute Gasteiger partial charge is 0.138 e. The molecule has 0 spiro atoms. The minimum Gasteiger partial charge on any atom is -0.393 e. The second-order valence-corrected chi connectivity index (χ2v) is 13.5. The van der Waals surface area contributed by atoms with Crippen LogP contribution in [0.25, 0.3) is 0 Å². The largest absolute Gasteiger partial charge is 0.393 e. The van der Waals surface area contributed by atoms with Gasteiger partial charge in [0.1, 0.15) is 5.78 Å². The third kappa shape index (κ3) is 3.54. The lowest BCUT2D eigenvalue weighted by atomic mass is 9.41. The normalized spacial score (nSPS) is 44.4. The maximum atomic E-state index is 12.8. The van der Waals surface area contributed by atoms with Crippen LogP contribution in [0.1, 0.15) is 99.8 Å². The van der Waals surface area contributed by atoms with Gasteiger partial charge in [-0.1, -0.05) is 64.8 Å². The summed E-state index contributed by atoms with van der Waals surface area (Å²) in [6.07, 6.45) is 12.5. The molecular formula is C30H48O3. The minimum atomic E-state index is -0.360. The maximum Gasteiger partial charge on any atom is 0.138 e. The first kappa shape index (κ1) is 25.2. The number of aliphatic hydroxyl groups excluding tert-OH is 2. The Balaban J connectivity index is 1.62. The van der Waals surface area contributed by atoms with Crippen molar-refractivity contribution in [3.63, 3.8) is 0 Å². The number of allylic oxidation sites excluding steroid dienone is 2. The fraction of sp³-hybridized carbons (Fsp3) is 0.833. The summed E-state index contributed by atoms with van der Waals surface area (Å²) in [6.45, 7) is 16.2. The van der Waals surface area contributed by atoms with E-state index in [0.29, 0.717) is 30.0 Å². The number of rotatable bonds is 5. The Hall–Kier alpha value is -0.930. The third-order valence-corrected chi connectivity index (χ3v) is 11.8. The molecule has 3 heteroatoms. The Labute approximate surface area is 202 Å². The van der Waals surface area contributed by atoms with Crippen molar-refractivity contribution in [3.8, 4) is 0 Å². The molecule has 0 aliphatic heterocycles. The van der Waals surface area contributed by atoms with Crippen LogP contribution in [0.4, 0.5) is 0 Å². The number of aliphatic hydroxyl groups is 2. The average Bonchev–Trinajstić information content (AvgIpc) is 3.05. The van der Waals surface area contributed by atoms with Gasteiger partial charge in [-0.2, -0.15) is 0 Å². The van der Waals surface area contributed by atoms with E-state index in [0.717, 1.165) is 24.8 Å². The van der Waals surface area contributed by atoms with E-state index in [1.807, 2.05) is 13.0 Å². The van der Waals surface area contributed by atoms with Gasteiger partial charge < -0.3 is 10.2 Å². The Morgan fingerprint density at radius 3 is 2.52 bits per heavy atom. The number of carbonyl (C=O) groups excluding carboxylic acids is 1. The lowest BCUT2D eigenvalue weighted by Crippen LogP contribution is -2.57. The van der Waals surface area contributed by atoms with Gasteiger partial charge in [-0.05, 0) is 91.8 Å². The quantitative estimate of drug-likeness (QED) is 0.465. The van der Waals surface area contributed by atoms with Crippen LogP contribution in [0.5, 0.6) is 0 Å². The highest BCUT2D eigenvalue weighted by molar-refractivity contribution is 5.85. The molecule has 0 saturated heterocycles. The Kier molecular flexibility index (Phi) is 6.35. The van der Waals surface area contributed by atoms with E-state index in [-0.39, 0.29) is 40.3 Å².